The van der Waals surface area contributed by atoms with E-state index in [2.05, 4.69) is 10.2 Å². The average Bonchev–Trinajstić information content (AvgIpc) is 3.08. The lowest BCUT2D eigenvalue weighted by atomic mass is 10.1. The zero-order valence-corrected chi connectivity index (χ0v) is 17.1. The molecule has 7 heteroatoms. The summed E-state index contributed by atoms with van der Waals surface area (Å²) in [5, 5.41) is 7.11. The summed E-state index contributed by atoms with van der Waals surface area (Å²) in [4.78, 5) is 14.6. The molecule has 0 aliphatic heterocycles. The number of nitrogens with zero attached hydrogens (tertiary/aromatic N) is 3. The van der Waals surface area contributed by atoms with Crippen molar-refractivity contribution in [1.29, 1.82) is 0 Å². The fraction of sp³-hybridized carbons (Fsp3) is 0.286. The lowest BCUT2D eigenvalue weighted by Gasteiger charge is -2.25. The maximum absolute atomic E-state index is 12.9. The second-order valence-electron chi connectivity index (χ2n) is 6.49. The van der Waals surface area contributed by atoms with E-state index in [9.17, 15) is 4.79 Å². The van der Waals surface area contributed by atoms with Crippen LogP contribution in [0.15, 0.2) is 54.6 Å². The quantitative estimate of drug-likeness (QED) is 0.607. The van der Waals surface area contributed by atoms with E-state index in [4.69, 9.17) is 17.0 Å². The summed E-state index contributed by atoms with van der Waals surface area (Å²) >= 11 is 5.35. The van der Waals surface area contributed by atoms with E-state index >= 15 is 0 Å². The monoisotopic (exact) mass is 396 g/mol. The number of hydrogen-bond acceptors (Lipinski definition) is 4. The molecule has 0 spiro atoms. The molecule has 0 fully saturated rings. The van der Waals surface area contributed by atoms with Crippen molar-refractivity contribution < 1.29 is 9.53 Å². The zero-order chi connectivity index (χ0) is 20.1. The summed E-state index contributed by atoms with van der Waals surface area (Å²) in [7, 11) is 1.81. The molecule has 0 bridgehead atoms. The van der Waals surface area contributed by atoms with E-state index < -0.39 is 0 Å². The number of carbonyl (C=O) groups excluding carboxylic acids is 1. The van der Waals surface area contributed by atoms with Gasteiger partial charge in [0.25, 0.3) is 0 Å². The Kier molecular flexibility index (Phi) is 6.26. The topological polar surface area (TPSA) is 63.1 Å². The van der Waals surface area contributed by atoms with Gasteiger partial charge in [-0.05, 0) is 55.9 Å². The third-order valence-electron chi connectivity index (χ3n) is 4.73. The van der Waals surface area contributed by atoms with Crippen molar-refractivity contribution in [3.8, 4) is 17.1 Å². The molecule has 3 rings (SSSR count). The highest BCUT2D eigenvalue weighted by Gasteiger charge is 2.20. The summed E-state index contributed by atoms with van der Waals surface area (Å²) in [5.41, 5.74) is 1.95. The number of nitrogens with one attached hydrogen (secondary N) is 1. The molecule has 0 saturated heterocycles. The van der Waals surface area contributed by atoms with Gasteiger partial charge in [-0.25, -0.2) is 0 Å². The first-order valence-corrected chi connectivity index (χ1v) is 9.61. The van der Waals surface area contributed by atoms with Crippen LogP contribution in [0.2, 0.25) is 0 Å². The maximum atomic E-state index is 12.9. The average molecular weight is 397 g/mol. The Labute approximate surface area is 169 Å². The van der Waals surface area contributed by atoms with Gasteiger partial charge in [-0.3, -0.25) is 14.5 Å². The normalized spacial score (nSPS) is 11.8. The first kappa shape index (κ1) is 19.8. The van der Waals surface area contributed by atoms with E-state index in [1.165, 1.54) is 0 Å². The van der Waals surface area contributed by atoms with Crippen LogP contribution < -0.4 is 4.74 Å². The van der Waals surface area contributed by atoms with E-state index in [0.717, 1.165) is 16.9 Å². The molecule has 1 N–H and O–H groups in total. The summed E-state index contributed by atoms with van der Waals surface area (Å²) in [5.74, 6) is 1.38. The van der Waals surface area contributed by atoms with Crippen LogP contribution in [0.25, 0.3) is 11.4 Å². The molecule has 3 aromatic rings. The van der Waals surface area contributed by atoms with Gasteiger partial charge in [0.2, 0.25) is 5.91 Å². The molecule has 0 saturated carbocycles. The number of aromatic amines is 1. The lowest BCUT2D eigenvalue weighted by molar-refractivity contribution is -0.132. The number of rotatable bonds is 7. The molecule has 1 atom stereocenters. The highest BCUT2D eigenvalue weighted by molar-refractivity contribution is 7.71. The Balaban J connectivity index is 1.80. The molecule has 2 aromatic carbocycles. The van der Waals surface area contributed by atoms with Gasteiger partial charge in [0.05, 0.1) is 12.6 Å². The van der Waals surface area contributed by atoms with Gasteiger partial charge in [-0.15, -0.1) is 0 Å². The van der Waals surface area contributed by atoms with Crippen molar-refractivity contribution >= 4 is 18.1 Å². The molecule has 1 aromatic heterocycles. The van der Waals surface area contributed by atoms with Crippen molar-refractivity contribution in [2.45, 2.75) is 26.4 Å². The molecular weight excluding hydrogens is 372 g/mol. The number of carbonyl (C=O) groups is 1. The number of H-pyrrole nitrogens is 1. The first-order valence-electron chi connectivity index (χ1n) is 9.20. The molecule has 6 nitrogen and oxygen atoms in total. The number of ether oxygens (including phenoxy) is 1. The largest absolute Gasteiger partial charge is 0.494 e. The van der Waals surface area contributed by atoms with Crippen LogP contribution in [0.1, 0.15) is 25.5 Å². The van der Waals surface area contributed by atoms with Gasteiger partial charge < -0.3 is 9.64 Å². The first-order chi connectivity index (χ1) is 13.5. The molecule has 0 aliphatic rings. The molecule has 146 valence electrons. The summed E-state index contributed by atoms with van der Waals surface area (Å²) in [6.07, 6.45) is 0. The Morgan fingerprint density at radius 3 is 2.54 bits per heavy atom. The third kappa shape index (κ3) is 4.31. The fourth-order valence-electron chi connectivity index (χ4n) is 2.97. The van der Waals surface area contributed by atoms with Crippen LogP contribution in [0.4, 0.5) is 0 Å². The Bertz CT molecular complexity index is 980. The highest BCUT2D eigenvalue weighted by atomic mass is 32.1. The summed E-state index contributed by atoms with van der Waals surface area (Å²) in [6.45, 7) is 4.68. The third-order valence-corrected chi connectivity index (χ3v) is 5.04. The van der Waals surface area contributed by atoms with Crippen molar-refractivity contribution in [1.82, 2.24) is 19.7 Å². The van der Waals surface area contributed by atoms with Crippen molar-refractivity contribution in [3.63, 3.8) is 0 Å². The minimum absolute atomic E-state index is 0.0382. The van der Waals surface area contributed by atoms with Crippen molar-refractivity contribution in [2.24, 2.45) is 0 Å². The Morgan fingerprint density at radius 1 is 1.21 bits per heavy atom. The molecule has 0 radical (unpaired) electrons. The SMILES string of the molecule is CCOc1ccc(-c2n[nH]c(=S)n2CC(=O)N(C)[C@@H](C)c2ccccc2)cc1. The number of hydrogen-bond donors (Lipinski definition) is 1. The van der Waals surface area contributed by atoms with Crippen LogP contribution in [0, 0.1) is 4.77 Å². The van der Waals surface area contributed by atoms with Gasteiger partial charge >= 0.3 is 0 Å². The van der Waals surface area contributed by atoms with Crippen LogP contribution >= 0.6 is 12.2 Å². The second-order valence-corrected chi connectivity index (χ2v) is 6.87. The minimum atomic E-state index is -0.0407. The second kappa shape index (κ2) is 8.84. The van der Waals surface area contributed by atoms with E-state index in [0.29, 0.717) is 17.2 Å². The number of benzene rings is 2. The molecular formula is C21H24N4O2S. The molecule has 1 heterocycles. The summed E-state index contributed by atoms with van der Waals surface area (Å²) in [6, 6.07) is 17.5. The van der Waals surface area contributed by atoms with Gasteiger partial charge in [0.15, 0.2) is 10.6 Å². The van der Waals surface area contributed by atoms with Gasteiger partial charge in [0, 0.05) is 12.6 Å². The fourth-order valence-corrected chi connectivity index (χ4v) is 3.17. The van der Waals surface area contributed by atoms with Crippen molar-refractivity contribution in [2.75, 3.05) is 13.7 Å². The number of aromatic nitrogens is 3. The minimum Gasteiger partial charge on any atom is -0.494 e. The smallest absolute Gasteiger partial charge is 0.242 e. The standard InChI is InChI=1S/C21H24N4O2S/c1-4-27-18-12-10-17(11-13-18)20-22-23-21(28)25(20)14-19(26)24(3)15(2)16-8-6-5-7-9-16/h5-13,15H,4,14H2,1-3H3,(H,23,28)/t15-/m0/s1. The maximum Gasteiger partial charge on any atom is 0.242 e. The van der Waals surface area contributed by atoms with Crippen molar-refractivity contribution in [3.05, 3.63) is 64.9 Å². The van der Waals surface area contributed by atoms with Gasteiger partial charge in [-0.2, -0.15) is 5.10 Å². The van der Waals surface area contributed by atoms with E-state index in [-0.39, 0.29) is 18.5 Å². The Hall–Kier alpha value is -2.93. The molecule has 0 unspecified atom stereocenters. The van der Waals surface area contributed by atoms with Crippen LogP contribution in [-0.2, 0) is 11.3 Å². The predicted molar refractivity (Wildman–Crippen MR) is 112 cm³/mol. The van der Waals surface area contributed by atoms with E-state index in [1.54, 1.807) is 16.5 Å². The molecule has 1 amide bonds. The van der Waals surface area contributed by atoms with Crippen LogP contribution in [0.5, 0.6) is 5.75 Å². The predicted octanol–water partition coefficient (Wildman–Crippen LogP) is 4.23. The molecule has 0 aliphatic carbocycles. The zero-order valence-electron chi connectivity index (χ0n) is 16.3. The molecule has 28 heavy (non-hydrogen) atoms. The van der Waals surface area contributed by atoms with E-state index in [1.807, 2.05) is 68.4 Å². The highest BCUT2D eigenvalue weighted by Crippen LogP contribution is 2.22. The number of amides is 1. The van der Waals surface area contributed by atoms with Crippen LogP contribution in [0.3, 0.4) is 0 Å². The number of likely N-dealkylation sites (N-methyl/N-ethyl adjacent to an activating group) is 1. The summed E-state index contributed by atoms with van der Waals surface area (Å²) < 4.78 is 7.62. The van der Waals surface area contributed by atoms with Crippen LogP contribution in [-0.4, -0.2) is 39.2 Å². The lowest BCUT2D eigenvalue weighted by Crippen LogP contribution is -2.32. The Morgan fingerprint density at radius 2 is 1.89 bits per heavy atom. The van der Waals surface area contributed by atoms with Gasteiger partial charge in [-0.1, -0.05) is 30.3 Å². The van der Waals surface area contributed by atoms with Gasteiger partial charge in [0.1, 0.15) is 12.3 Å².